The molecule has 0 spiro atoms. The fraction of sp³-hybridized carbons (Fsp3) is 0.923. The summed E-state index contributed by atoms with van der Waals surface area (Å²) in [5.41, 5.74) is 5.69. The molecule has 1 fully saturated rings. The Morgan fingerprint density at radius 1 is 1.47 bits per heavy atom. The van der Waals surface area contributed by atoms with Crippen molar-refractivity contribution in [1.29, 1.82) is 0 Å². The normalized spacial score (nSPS) is 24.6. The van der Waals surface area contributed by atoms with E-state index in [0.29, 0.717) is 18.5 Å². The molecule has 1 amide bonds. The summed E-state index contributed by atoms with van der Waals surface area (Å²) < 4.78 is 0. The van der Waals surface area contributed by atoms with Crippen LogP contribution in [0.1, 0.15) is 33.1 Å². The lowest BCUT2D eigenvalue weighted by Gasteiger charge is -2.22. The van der Waals surface area contributed by atoms with Crippen LogP contribution in [0, 0.1) is 11.8 Å². The van der Waals surface area contributed by atoms with Gasteiger partial charge in [-0.2, -0.15) is 0 Å². The second-order valence-corrected chi connectivity index (χ2v) is 5.40. The molecule has 1 rings (SSSR count). The molecule has 2 unspecified atom stereocenters. The molecule has 4 heteroatoms. The van der Waals surface area contributed by atoms with E-state index in [-0.39, 0.29) is 11.8 Å². The third-order valence-corrected chi connectivity index (χ3v) is 3.94. The molecular weight excluding hydrogens is 214 g/mol. The summed E-state index contributed by atoms with van der Waals surface area (Å²) in [6.07, 6.45) is 3.26. The maximum absolute atomic E-state index is 12.0. The minimum Gasteiger partial charge on any atom is -0.355 e. The van der Waals surface area contributed by atoms with Gasteiger partial charge in [-0.15, -0.1) is 0 Å². The summed E-state index contributed by atoms with van der Waals surface area (Å²) in [5.74, 6) is 0.761. The van der Waals surface area contributed by atoms with Crippen LogP contribution in [0.2, 0.25) is 0 Å². The van der Waals surface area contributed by atoms with E-state index in [0.717, 1.165) is 32.4 Å². The van der Waals surface area contributed by atoms with E-state index in [1.807, 2.05) is 0 Å². The van der Waals surface area contributed by atoms with Crippen molar-refractivity contribution in [2.45, 2.75) is 39.2 Å². The predicted octanol–water partition coefficient (Wildman–Crippen LogP) is 0.818. The quantitative estimate of drug-likeness (QED) is 0.724. The first kappa shape index (κ1) is 14.5. The van der Waals surface area contributed by atoms with Crippen molar-refractivity contribution in [2.24, 2.45) is 17.6 Å². The SMILES string of the molecule is CC(C)N(C)CCNC(=O)C1CCCC1CN. The van der Waals surface area contributed by atoms with Crippen molar-refractivity contribution in [3.8, 4) is 0 Å². The van der Waals surface area contributed by atoms with Gasteiger partial charge in [0.2, 0.25) is 5.91 Å². The van der Waals surface area contributed by atoms with Crippen molar-refractivity contribution < 1.29 is 4.79 Å². The van der Waals surface area contributed by atoms with Crippen molar-refractivity contribution in [1.82, 2.24) is 10.2 Å². The third kappa shape index (κ3) is 4.28. The number of hydrogen-bond donors (Lipinski definition) is 2. The minimum absolute atomic E-state index is 0.157. The molecule has 3 N–H and O–H groups in total. The zero-order chi connectivity index (χ0) is 12.8. The number of nitrogens with one attached hydrogen (secondary N) is 1. The summed E-state index contributed by atoms with van der Waals surface area (Å²) in [4.78, 5) is 14.2. The molecule has 0 radical (unpaired) electrons. The Hall–Kier alpha value is -0.610. The highest BCUT2D eigenvalue weighted by Crippen LogP contribution is 2.30. The lowest BCUT2D eigenvalue weighted by atomic mass is 9.95. The largest absolute Gasteiger partial charge is 0.355 e. The molecule has 17 heavy (non-hydrogen) atoms. The Kier molecular flexibility index (Phi) is 5.92. The molecule has 0 aromatic carbocycles. The van der Waals surface area contributed by atoms with Gasteiger partial charge in [-0.25, -0.2) is 0 Å². The smallest absolute Gasteiger partial charge is 0.223 e. The summed E-state index contributed by atoms with van der Waals surface area (Å²) in [7, 11) is 2.08. The lowest BCUT2D eigenvalue weighted by molar-refractivity contribution is -0.126. The van der Waals surface area contributed by atoms with Gasteiger partial charge in [-0.05, 0) is 46.2 Å². The minimum atomic E-state index is 0.157. The molecule has 0 aromatic heterocycles. The Morgan fingerprint density at radius 2 is 2.18 bits per heavy atom. The molecule has 100 valence electrons. The first-order valence-corrected chi connectivity index (χ1v) is 6.74. The Balaban J connectivity index is 2.25. The fourth-order valence-corrected chi connectivity index (χ4v) is 2.41. The highest BCUT2D eigenvalue weighted by Gasteiger charge is 2.31. The van der Waals surface area contributed by atoms with Crippen LogP contribution in [0.15, 0.2) is 0 Å². The second kappa shape index (κ2) is 6.97. The number of rotatable bonds is 6. The van der Waals surface area contributed by atoms with Gasteiger partial charge in [0.15, 0.2) is 0 Å². The molecular formula is C13H27N3O. The Morgan fingerprint density at radius 3 is 2.76 bits per heavy atom. The number of hydrogen-bond acceptors (Lipinski definition) is 3. The average molecular weight is 241 g/mol. The van der Waals surface area contributed by atoms with Crippen LogP contribution in [0.3, 0.4) is 0 Å². The molecule has 1 aliphatic carbocycles. The van der Waals surface area contributed by atoms with Crippen LogP contribution in [0.25, 0.3) is 0 Å². The van der Waals surface area contributed by atoms with Crippen LogP contribution in [-0.2, 0) is 4.79 Å². The maximum atomic E-state index is 12.0. The molecule has 0 aliphatic heterocycles. The van der Waals surface area contributed by atoms with Crippen LogP contribution >= 0.6 is 0 Å². The van der Waals surface area contributed by atoms with E-state index < -0.39 is 0 Å². The van der Waals surface area contributed by atoms with E-state index in [9.17, 15) is 4.79 Å². The molecule has 1 saturated carbocycles. The monoisotopic (exact) mass is 241 g/mol. The van der Waals surface area contributed by atoms with Gasteiger partial charge in [0.1, 0.15) is 0 Å². The standard InChI is InChI=1S/C13H27N3O/c1-10(2)16(3)8-7-15-13(17)12-6-4-5-11(12)9-14/h10-12H,4-9,14H2,1-3H3,(H,15,17). The van der Waals surface area contributed by atoms with Gasteiger partial charge in [0.25, 0.3) is 0 Å². The second-order valence-electron chi connectivity index (χ2n) is 5.40. The van der Waals surface area contributed by atoms with Gasteiger partial charge in [0.05, 0.1) is 0 Å². The lowest BCUT2D eigenvalue weighted by Crippen LogP contribution is -2.40. The highest BCUT2D eigenvalue weighted by atomic mass is 16.1. The number of likely N-dealkylation sites (N-methyl/N-ethyl adjacent to an activating group) is 1. The number of carbonyl (C=O) groups is 1. The van der Waals surface area contributed by atoms with E-state index in [4.69, 9.17) is 5.73 Å². The summed E-state index contributed by atoms with van der Waals surface area (Å²) in [6, 6.07) is 0.523. The topological polar surface area (TPSA) is 58.4 Å². The number of nitrogens with zero attached hydrogens (tertiary/aromatic N) is 1. The first-order chi connectivity index (χ1) is 8.06. The van der Waals surface area contributed by atoms with Gasteiger partial charge in [0, 0.05) is 25.0 Å². The molecule has 0 saturated heterocycles. The summed E-state index contributed by atoms with van der Waals surface area (Å²) >= 11 is 0. The summed E-state index contributed by atoms with van der Waals surface area (Å²) in [5, 5.41) is 3.04. The Labute approximate surface area is 105 Å². The van der Waals surface area contributed by atoms with E-state index in [1.165, 1.54) is 0 Å². The van der Waals surface area contributed by atoms with Gasteiger partial charge in [-0.1, -0.05) is 6.42 Å². The highest BCUT2D eigenvalue weighted by molar-refractivity contribution is 5.79. The van der Waals surface area contributed by atoms with Crippen molar-refractivity contribution in [2.75, 3.05) is 26.7 Å². The van der Waals surface area contributed by atoms with Gasteiger partial charge in [-0.3, -0.25) is 4.79 Å². The molecule has 1 aliphatic rings. The maximum Gasteiger partial charge on any atom is 0.223 e. The van der Waals surface area contributed by atoms with E-state index in [2.05, 4.69) is 31.1 Å². The van der Waals surface area contributed by atoms with Crippen molar-refractivity contribution in [3.63, 3.8) is 0 Å². The zero-order valence-corrected chi connectivity index (χ0v) is 11.4. The number of carbonyl (C=O) groups excluding carboxylic acids is 1. The van der Waals surface area contributed by atoms with Gasteiger partial charge >= 0.3 is 0 Å². The van der Waals surface area contributed by atoms with Crippen LogP contribution in [0.5, 0.6) is 0 Å². The van der Waals surface area contributed by atoms with Crippen molar-refractivity contribution >= 4 is 5.91 Å². The van der Waals surface area contributed by atoms with Crippen LogP contribution in [0.4, 0.5) is 0 Å². The molecule has 0 aromatic rings. The van der Waals surface area contributed by atoms with Crippen molar-refractivity contribution in [3.05, 3.63) is 0 Å². The van der Waals surface area contributed by atoms with Crippen LogP contribution in [-0.4, -0.2) is 43.5 Å². The first-order valence-electron chi connectivity index (χ1n) is 6.74. The fourth-order valence-electron chi connectivity index (χ4n) is 2.41. The molecule has 4 nitrogen and oxygen atoms in total. The molecule has 0 heterocycles. The molecule has 2 atom stereocenters. The summed E-state index contributed by atoms with van der Waals surface area (Å²) in [6.45, 7) is 6.60. The third-order valence-electron chi connectivity index (χ3n) is 3.94. The molecule has 0 bridgehead atoms. The van der Waals surface area contributed by atoms with E-state index in [1.54, 1.807) is 0 Å². The van der Waals surface area contributed by atoms with Crippen LogP contribution < -0.4 is 11.1 Å². The van der Waals surface area contributed by atoms with E-state index >= 15 is 0 Å². The average Bonchev–Trinajstić information content (AvgIpc) is 2.76. The van der Waals surface area contributed by atoms with Gasteiger partial charge < -0.3 is 16.0 Å². The number of amides is 1. The zero-order valence-electron chi connectivity index (χ0n) is 11.4. The number of nitrogens with two attached hydrogens (primary N) is 1. The Bertz CT molecular complexity index is 243. The predicted molar refractivity (Wildman–Crippen MR) is 70.7 cm³/mol.